The van der Waals surface area contributed by atoms with Gasteiger partial charge >= 0.3 is 0 Å². The first kappa shape index (κ1) is 23.0. The molecule has 1 aliphatic carbocycles. The first-order valence-electron chi connectivity index (χ1n) is 9.83. The van der Waals surface area contributed by atoms with E-state index in [1.807, 2.05) is 7.05 Å². The summed E-state index contributed by atoms with van der Waals surface area (Å²) in [4.78, 5) is 9.28. The van der Waals surface area contributed by atoms with Crippen molar-refractivity contribution < 1.29 is 4.74 Å². The Bertz CT molecular complexity index is 382. The largest absolute Gasteiger partial charge is 0.379 e. The monoisotopic (exact) mass is 466 g/mol. The minimum absolute atomic E-state index is 0. The Morgan fingerprint density at radius 1 is 1.28 bits per heavy atom. The van der Waals surface area contributed by atoms with Crippen molar-refractivity contribution in [2.45, 2.75) is 52.0 Å². The molecular formula is C19H39IN4O. The zero-order valence-electron chi connectivity index (χ0n) is 16.7. The van der Waals surface area contributed by atoms with Gasteiger partial charge in [-0.25, -0.2) is 0 Å². The van der Waals surface area contributed by atoms with Gasteiger partial charge in [-0.15, -0.1) is 24.0 Å². The highest BCUT2D eigenvalue weighted by molar-refractivity contribution is 14.0. The Morgan fingerprint density at radius 2 is 1.96 bits per heavy atom. The van der Waals surface area contributed by atoms with E-state index in [1.54, 1.807) is 0 Å². The number of hydrogen-bond acceptors (Lipinski definition) is 3. The summed E-state index contributed by atoms with van der Waals surface area (Å²) in [6.07, 6.45) is 6.65. The van der Waals surface area contributed by atoms with E-state index in [0.717, 1.165) is 44.1 Å². The number of nitrogens with one attached hydrogen (secondary N) is 1. The summed E-state index contributed by atoms with van der Waals surface area (Å²) in [5.74, 6) is 2.55. The number of hydrogen-bond donors (Lipinski definition) is 1. The second kappa shape index (κ2) is 12.3. The Kier molecular flexibility index (Phi) is 11.3. The predicted octanol–water partition coefficient (Wildman–Crippen LogP) is 3.05. The van der Waals surface area contributed by atoms with Crippen molar-refractivity contribution in [3.63, 3.8) is 0 Å². The molecule has 1 saturated heterocycles. The molecule has 6 heteroatoms. The molecule has 1 N–H and O–H groups in total. The number of likely N-dealkylation sites (tertiary alicyclic amines) is 1. The maximum Gasteiger partial charge on any atom is 0.193 e. The quantitative estimate of drug-likeness (QED) is 0.233. The van der Waals surface area contributed by atoms with E-state index < -0.39 is 0 Å². The van der Waals surface area contributed by atoms with E-state index in [1.165, 1.54) is 45.2 Å². The van der Waals surface area contributed by atoms with E-state index >= 15 is 0 Å². The molecule has 0 bridgehead atoms. The maximum absolute atomic E-state index is 5.75. The van der Waals surface area contributed by atoms with E-state index in [-0.39, 0.29) is 24.0 Å². The molecule has 1 heterocycles. The summed E-state index contributed by atoms with van der Waals surface area (Å²) in [7, 11) is 3.97. The molecule has 2 rings (SSSR count). The Balaban J connectivity index is 0.00000312. The van der Waals surface area contributed by atoms with Crippen LogP contribution in [0.4, 0.5) is 0 Å². The average molecular weight is 466 g/mol. The van der Waals surface area contributed by atoms with Crippen LogP contribution in [0.15, 0.2) is 4.99 Å². The van der Waals surface area contributed by atoms with Gasteiger partial charge in [-0.05, 0) is 57.0 Å². The summed E-state index contributed by atoms with van der Waals surface area (Å²) < 4.78 is 5.75. The molecule has 0 spiro atoms. The van der Waals surface area contributed by atoms with Crippen molar-refractivity contribution in [2.24, 2.45) is 16.8 Å². The molecule has 1 atom stereocenters. The third-order valence-corrected chi connectivity index (χ3v) is 5.09. The van der Waals surface area contributed by atoms with Crippen LogP contribution in [-0.2, 0) is 4.74 Å². The lowest BCUT2D eigenvalue weighted by molar-refractivity contribution is 0.115. The number of ether oxygens (including phenoxy) is 1. The van der Waals surface area contributed by atoms with Crippen molar-refractivity contribution in [1.82, 2.24) is 15.1 Å². The van der Waals surface area contributed by atoms with Gasteiger partial charge in [-0.2, -0.15) is 0 Å². The topological polar surface area (TPSA) is 40.1 Å². The number of guanidine groups is 1. The third kappa shape index (κ3) is 8.91. The molecule has 0 aromatic rings. The molecular weight excluding hydrogens is 427 g/mol. The van der Waals surface area contributed by atoms with E-state index in [0.29, 0.717) is 6.04 Å². The van der Waals surface area contributed by atoms with Gasteiger partial charge in [0.2, 0.25) is 0 Å². The van der Waals surface area contributed by atoms with Crippen LogP contribution < -0.4 is 5.32 Å². The molecule has 25 heavy (non-hydrogen) atoms. The van der Waals surface area contributed by atoms with Crippen LogP contribution in [0.3, 0.4) is 0 Å². The summed E-state index contributed by atoms with van der Waals surface area (Å²) in [6, 6.07) is 0.615. The van der Waals surface area contributed by atoms with Crippen LogP contribution in [0.5, 0.6) is 0 Å². The van der Waals surface area contributed by atoms with Gasteiger partial charge in [0.1, 0.15) is 0 Å². The average Bonchev–Trinajstić information content (AvgIpc) is 3.21. The molecule has 2 fully saturated rings. The maximum atomic E-state index is 5.75. The minimum Gasteiger partial charge on any atom is -0.379 e. The smallest absolute Gasteiger partial charge is 0.193 e. The summed E-state index contributed by atoms with van der Waals surface area (Å²) in [6.45, 7) is 10.7. The van der Waals surface area contributed by atoms with Crippen molar-refractivity contribution >= 4 is 29.9 Å². The molecule has 0 amide bonds. The molecule has 0 aromatic heterocycles. The normalized spacial score (nSPS) is 19.8. The number of likely N-dealkylation sites (N-methyl/N-ethyl adjacent to an activating group) is 1. The van der Waals surface area contributed by atoms with Crippen molar-refractivity contribution in [1.29, 1.82) is 0 Å². The highest BCUT2D eigenvalue weighted by Crippen LogP contribution is 2.28. The second-order valence-electron chi connectivity index (χ2n) is 7.89. The summed E-state index contributed by atoms with van der Waals surface area (Å²) in [5, 5.41) is 3.59. The van der Waals surface area contributed by atoms with Gasteiger partial charge in [0.15, 0.2) is 5.96 Å². The molecule has 0 aromatic carbocycles. The number of rotatable bonds is 10. The minimum atomic E-state index is 0. The van der Waals surface area contributed by atoms with E-state index in [4.69, 9.17) is 4.74 Å². The molecule has 148 valence electrons. The van der Waals surface area contributed by atoms with Crippen LogP contribution in [0.25, 0.3) is 0 Å². The van der Waals surface area contributed by atoms with Crippen LogP contribution >= 0.6 is 24.0 Å². The van der Waals surface area contributed by atoms with Crippen LogP contribution in [0.2, 0.25) is 0 Å². The highest BCUT2D eigenvalue weighted by atomic mass is 127. The summed E-state index contributed by atoms with van der Waals surface area (Å²) >= 11 is 0. The SMILES string of the molecule is CN=C(NCC(CC(C)C)N1CCCC1)N(C)CCOCC1CC1.I. The fraction of sp³-hybridized carbons (Fsp3) is 0.947. The molecule has 1 unspecified atom stereocenters. The first-order valence-corrected chi connectivity index (χ1v) is 9.83. The predicted molar refractivity (Wildman–Crippen MR) is 117 cm³/mol. The Morgan fingerprint density at radius 3 is 2.52 bits per heavy atom. The van der Waals surface area contributed by atoms with Gasteiger partial charge in [0.25, 0.3) is 0 Å². The second-order valence-corrected chi connectivity index (χ2v) is 7.89. The lowest BCUT2D eigenvalue weighted by atomic mass is 10.0. The van der Waals surface area contributed by atoms with Gasteiger partial charge < -0.3 is 15.0 Å². The number of halogens is 1. The standard InChI is InChI=1S/C19H38N4O.HI/c1-16(2)13-18(23-9-5-6-10-23)14-21-19(20-3)22(4)11-12-24-15-17-7-8-17;/h16-18H,5-15H2,1-4H3,(H,20,21);1H. The van der Waals surface area contributed by atoms with E-state index in [9.17, 15) is 0 Å². The highest BCUT2D eigenvalue weighted by Gasteiger charge is 2.23. The zero-order chi connectivity index (χ0) is 17.4. The van der Waals surface area contributed by atoms with Crippen molar-refractivity contribution in [2.75, 3.05) is 53.5 Å². The van der Waals surface area contributed by atoms with E-state index in [2.05, 4.69) is 41.0 Å². The zero-order valence-corrected chi connectivity index (χ0v) is 19.0. The Labute approximate surface area is 172 Å². The van der Waals surface area contributed by atoms with Gasteiger partial charge in [0.05, 0.1) is 6.61 Å². The van der Waals surface area contributed by atoms with Crippen LogP contribution in [0.1, 0.15) is 46.0 Å². The lowest BCUT2D eigenvalue weighted by Gasteiger charge is -2.31. The third-order valence-electron chi connectivity index (χ3n) is 5.09. The molecule has 5 nitrogen and oxygen atoms in total. The molecule has 1 saturated carbocycles. The van der Waals surface area contributed by atoms with Gasteiger partial charge in [-0.3, -0.25) is 9.89 Å². The van der Waals surface area contributed by atoms with Crippen molar-refractivity contribution in [3.05, 3.63) is 0 Å². The number of aliphatic imine (C=N–C) groups is 1. The van der Waals surface area contributed by atoms with Crippen molar-refractivity contribution in [3.8, 4) is 0 Å². The fourth-order valence-electron chi connectivity index (χ4n) is 3.45. The molecule has 1 aliphatic heterocycles. The van der Waals surface area contributed by atoms with Gasteiger partial charge in [0, 0.05) is 39.8 Å². The summed E-state index contributed by atoms with van der Waals surface area (Å²) in [5.41, 5.74) is 0. The Hall–Kier alpha value is -0.0800. The lowest BCUT2D eigenvalue weighted by Crippen LogP contribution is -2.48. The molecule has 0 radical (unpaired) electrons. The molecule has 2 aliphatic rings. The fourth-order valence-corrected chi connectivity index (χ4v) is 3.45. The van der Waals surface area contributed by atoms with Crippen LogP contribution in [-0.4, -0.2) is 75.3 Å². The first-order chi connectivity index (χ1) is 11.6. The van der Waals surface area contributed by atoms with Crippen LogP contribution in [0, 0.1) is 11.8 Å². The van der Waals surface area contributed by atoms with Gasteiger partial charge in [-0.1, -0.05) is 13.8 Å². The number of nitrogens with zero attached hydrogens (tertiary/aromatic N) is 3.